The van der Waals surface area contributed by atoms with Gasteiger partial charge < -0.3 is 24.6 Å². The summed E-state index contributed by atoms with van der Waals surface area (Å²) in [6.07, 6.45) is 0.523. The standard InChI is InChI=1S/C6H11NO4.C5H8O2/c1-7(2,3)4(5(8)9)6(10)11;1-3-4(2)5(6)7/h4H,1-3H3,(H-,8,9,10,11);2-3H2,1H3,(H,6,7). The fourth-order valence-electron chi connectivity index (χ4n) is 0.900. The second-order valence-corrected chi connectivity index (χ2v) is 4.44. The van der Waals surface area contributed by atoms with Crippen LogP contribution in [0.3, 0.4) is 0 Å². The molecule has 0 aliphatic heterocycles. The van der Waals surface area contributed by atoms with Crippen molar-refractivity contribution in [3.05, 3.63) is 12.2 Å². The maximum atomic E-state index is 10.4. The van der Waals surface area contributed by atoms with E-state index in [0.717, 1.165) is 0 Å². The van der Waals surface area contributed by atoms with E-state index >= 15 is 0 Å². The molecule has 0 saturated heterocycles. The van der Waals surface area contributed by atoms with Gasteiger partial charge in [0.15, 0.2) is 0 Å². The van der Waals surface area contributed by atoms with Crippen LogP contribution in [0.2, 0.25) is 0 Å². The molecular weight excluding hydrogens is 242 g/mol. The summed E-state index contributed by atoms with van der Waals surface area (Å²) in [6, 6.07) is -1.50. The van der Waals surface area contributed by atoms with Crippen LogP contribution in [0.5, 0.6) is 0 Å². The van der Waals surface area contributed by atoms with Crippen LogP contribution in [0.25, 0.3) is 0 Å². The highest BCUT2D eigenvalue weighted by molar-refractivity contribution is 5.94. The van der Waals surface area contributed by atoms with Crippen LogP contribution in [0, 0.1) is 0 Å². The molecule has 7 nitrogen and oxygen atoms in total. The molecule has 0 aliphatic carbocycles. The molecule has 7 heteroatoms. The van der Waals surface area contributed by atoms with Crippen molar-refractivity contribution >= 4 is 17.9 Å². The number of carboxylic acids is 3. The number of likely N-dealkylation sites (N-methyl/N-ethyl adjacent to an activating group) is 1. The Kier molecular flexibility index (Phi) is 7.63. The van der Waals surface area contributed by atoms with Gasteiger partial charge in [-0.3, -0.25) is 0 Å². The molecule has 0 aromatic carbocycles. The van der Waals surface area contributed by atoms with Gasteiger partial charge in [0.25, 0.3) is 0 Å². The molecule has 0 amide bonds. The highest BCUT2D eigenvalue weighted by Gasteiger charge is 2.32. The van der Waals surface area contributed by atoms with Gasteiger partial charge >= 0.3 is 11.9 Å². The number of nitrogens with zero attached hydrogens (tertiary/aromatic N) is 1. The molecule has 0 bridgehead atoms. The van der Waals surface area contributed by atoms with Crippen LogP contribution in [-0.4, -0.2) is 59.8 Å². The lowest BCUT2D eigenvalue weighted by atomic mass is 10.2. The normalized spacial score (nSPS) is 11.8. The lowest BCUT2D eigenvalue weighted by molar-refractivity contribution is -0.880. The molecule has 0 radical (unpaired) electrons. The monoisotopic (exact) mass is 261 g/mol. The molecule has 18 heavy (non-hydrogen) atoms. The second kappa shape index (κ2) is 7.44. The third-order valence-corrected chi connectivity index (χ3v) is 1.96. The Balaban J connectivity index is 0. The molecule has 0 fully saturated rings. The first-order valence-electron chi connectivity index (χ1n) is 5.11. The molecule has 0 rings (SSSR count). The van der Waals surface area contributed by atoms with Gasteiger partial charge in [-0.05, 0) is 6.42 Å². The maximum absolute atomic E-state index is 10.4. The first-order chi connectivity index (χ1) is 7.95. The van der Waals surface area contributed by atoms with Gasteiger partial charge in [-0.15, -0.1) is 0 Å². The lowest BCUT2D eigenvalue weighted by Gasteiger charge is -2.31. The van der Waals surface area contributed by atoms with Crippen LogP contribution in [0.4, 0.5) is 0 Å². The Morgan fingerprint density at radius 3 is 1.61 bits per heavy atom. The lowest BCUT2D eigenvalue weighted by Crippen LogP contribution is -2.58. The minimum absolute atomic E-state index is 0.183. The zero-order valence-corrected chi connectivity index (χ0v) is 11.0. The molecule has 0 aromatic rings. The number of quaternary nitrogens is 1. The molecule has 0 aromatic heterocycles. The topological polar surface area (TPSA) is 115 Å². The van der Waals surface area contributed by atoms with Crippen molar-refractivity contribution in [3.8, 4) is 0 Å². The number of rotatable bonds is 5. The highest BCUT2D eigenvalue weighted by Crippen LogP contribution is 2.01. The second-order valence-electron chi connectivity index (χ2n) is 4.44. The van der Waals surface area contributed by atoms with E-state index in [-0.39, 0.29) is 10.1 Å². The number of carbonyl (C=O) groups excluding carboxylic acids is 1. The van der Waals surface area contributed by atoms with Crippen molar-refractivity contribution in [2.24, 2.45) is 0 Å². The van der Waals surface area contributed by atoms with Gasteiger partial charge in [0.1, 0.15) is 5.97 Å². The highest BCUT2D eigenvalue weighted by atomic mass is 16.4. The van der Waals surface area contributed by atoms with E-state index in [1.165, 1.54) is 21.1 Å². The average Bonchev–Trinajstić information content (AvgIpc) is 2.13. The molecule has 2 N–H and O–H groups in total. The molecule has 1 atom stereocenters. The molecular formula is C11H19NO6. The number of aliphatic carboxylic acids is 3. The minimum atomic E-state index is -1.56. The summed E-state index contributed by atoms with van der Waals surface area (Å²) in [5.41, 5.74) is 0.264. The molecule has 0 heterocycles. The van der Waals surface area contributed by atoms with E-state index in [1.54, 1.807) is 6.92 Å². The van der Waals surface area contributed by atoms with Crippen LogP contribution >= 0.6 is 0 Å². The number of carbonyl (C=O) groups is 3. The Labute approximate surface area is 106 Å². The minimum Gasteiger partial charge on any atom is -0.543 e. The van der Waals surface area contributed by atoms with Gasteiger partial charge in [0, 0.05) is 5.57 Å². The number of hydrogen-bond donors (Lipinski definition) is 2. The van der Waals surface area contributed by atoms with Crippen molar-refractivity contribution in [1.29, 1.82) is 0 Å². The Morgan fingerprint density at radius 1 is 1.22 bits per heavy atom. The summed E-state index contributed by atoms with van der Waals surface area (Å²) in [6.45, 7) is 5.03. The largest absolute Gasteiger partial charge is 0.543 e. The summed E-state index contributed by atoms with van der Waals surface area (Å²) in [4.78, 5) is 30.5. The van der Waals surface area contributed by atoms with Gasteiger partial charge in [0.2, 0.25) is 6.04 Å². The Morgan fingerprint density at radius 2 is 1.61 bits per heavy atom. The van der Waals surface area contributed by atoms with Gasteiger partial charge in [-0.2, -0.15) is 0 Å². The maximum Gasteiger partial charge on any atom is 0.368 e. The first-order valence-corrected chi connectivity index (χ1v) is 5.11. The van der Waals surface area contributed by atoms with Gasteiger partial charge in [-0.1, -0.05) is 13.5 Å². The van der Waals surface area contributed by atoms with E-state index in [1.807, 2.05) is 0 Å². The molecule has 104 valence electrons. The predicted molar refractivity (Wildman–Crippen MR) is 61.5 cm³/mol. The van der Waals surface area contributed by atoms with Crippen LogP contribution in [-0.2, 0) is 14.4 Å². The first kappa shape index (κ1) is 18.5. The average molecular weight is 261 g/mol. The van der Waals surface area contributed by atoms with Crippen LogP contribution in [0.15, 0.2) is 12.2 Å². The zero-order chi connectivity index (χ0) is 15.1. The predicted octanol–water partition coefficient (Wildman–Crippen LogP) is -1.07. The van der Waals surface area contributed by atoms with Crippen molar-refractivity contribution in [2.45, 2.75) is 19.4 Å². The Bertz CT molecular complexity index is 328. The number of carboxylic acid groups (broad SMARTS) is 3. The van der Waals surface area contributed by atoms with E-state index < -0.39 is 23.9 Å². The van der Waals surface area contributed by atoms with E-state index in [2.05, 4.69) is 6.58 Å². The summed E-state index contributed by atoms with van der Waals surface area (Å²) in [5, 5.41) is 26.8. The molecule has 0 aliphatic rings. The van der Waals surface area contributed by atoms with E-state index in [4.69, 9.17) is 10.2 Å². The fraction of sp³-hybridized carbons (Fsp3) is 0.545. The molecule has 0 saturated carbocycles. The fourth-order valence-corrected chi connectivity index (χ4v) is 0.900. The summed E-state index contributed by atoms with van der Waals surface area (Å²) in [5.74, 6) is -3.84. The summed E-state index contributed by atoms with van der Waals surface area (Å²) >= 11 is 0. The Hall–Kier alpha value is -1.89. The van der Waals surface area contributed by atoms with Crippen molar-refractivity contribution in [1.82, 2.24) is 0 Å². The van der Waals surface area contributed by atoms with Crippen LogP contribution < -0.4 is 5.11 Å². The van der Waals surface area contributed by atoms with E-state index in [9.17, 15) is 19.5 Å². The SMILES string of the molecule is C=C(CC)C(=O)O.C[N+](C)(C)C(C(=O)[O-])C(=O)O. The number of hydrogen-bond acceptors (Lipinski definition) is 4. The van der Waals surface area contributed by atoms with Crippen molar-refractivity contribution < 1.29 is 34.2 Å². The molecule has 1 unspecified atom stereocenters. The summed E-state index contributed by atoms with van der Waals surface area (Å²) < 4.78 is -0.183. The zero-order valence-electron chi connectivity index (χ0n) is 11.0. The van der Waals surface area contributed by atoms with Crippen LogP contribution in [0.1, 0.15) is 13.3 Å². The summed E-state index contributed by atoms with van der Waals surface area (Å²) in [7, 11) is 4.44. The van der Waals surface area contributed by atoms with Gasteiger partial charge in [0.05, 0.1) is 21.1 Å². The van der Waals surface area contributed by atoms with Gasteiger partial charge in [-0.25, -0.2) is 9.59 Å². The third-order valence-electron chi connectivity index (χ3n) is 1.96. The van der Waals surface area contributed by atoms with Crippen molar-refractivity contribution in [3.63, 3.8) is 0 Å². The van der Waals surface area contributed by atoms with Crippen molar-refractivity contribution in [2.75, 3.05) is 21.1 Å². The van der Waals surface area contributed by atoms with E-state index in [0.29, 0.717) is 6.42 Å². The smallest absolute Gasteiger partial charge is 0.368 e. The third kappa shape index (κ3) is 7.39. The quantitative estimate of drug-likeness (QED) is 0.370. The molecule has 0 spiro atoms.